The second kappa shape index (κ2) is 9.92. The smallest absolute Gasteiger partial charge is 0.244 e. The van der Waals surface area contributed by atoms with Crippen molar-refractivity contribution in [3.63, 3.8) is 0 Å². The highest BCUT2D eigenvalue weighted by Crippen LogP contribution is 2.23. The number of carbonyl (C=O) groups is 2. The van der Waals surface area contributed by atoms with E-state index >= 15 is 0 Å². The minimum atomic E-state index is -0.498. The topological polar surface area (TPSA) is 83.6 Å². The third-order valence-electron chi connectivity index (χ3n) is 5.60. The van der Waals surface area contributed by atoms with E-state index in [1.165, 1.54) is 0 Å². The average Bonchev–Trinajstić information content (AvgIpc) is 2.77. The summed E-state index contributed by atoms with van der Waals surface area (Å²) in [6.45, 7) is 9.23. The molecule has 1 fully saturated rings. The molecule has 0 bridgehead atoms. The van der Waals surface area contributed by atoms with Gasteiger partial charge < -0.3 is 20.3 Å². The van der Waals surface area contributed by atoms with Crippen molar-refractivity contribution in [3.05, 3.63) is 47.5 Å². The summed E-state index contributed by atoms with van der Waals surface area (Å²) in [4.78, 5) is 31.8. The van der Waals surface area contributed by atoms with Crippen LogP contribution in [-0.2, 0) is 16.1 Å². The van der Waals surface area contributed by atoms with Gasteiger partial charge in [-0.05, 0) is 25.5 Å². The number of pyridine rings is 1. The number of hydrogen-bond donors (Lipinski definition) is 2. The lowest BCUT2D eigenvalue weighted by atomic mass is 10.0. The predicted molar refractivity (Wildman–Crippen MR) is 121 cm³/mol. The summed E-state index contributed by atoms with van der Waals surface area (Å²) >= 11 is 0. The van der Waals surface area contributed by atoms with Crippen molar-refractivity contribution in [1.29, 1.82) is 0 Å². The molecule has 0 saturated carbocycles. The summed E-state index contributed by atoms with van der Waals surface area (Å²) in [6.07, 6.45) is 0. The molecule has 31 heavy (non-hydrogen) atoms. The van der Waals surface area contributed by atoms with Crippen LogP contribution in [0.3, 0.4) is 0 Å². The third-order valence-corrected chi connectivity index (χ3v) is 5.60. The number of aryl methyl sites for hydroxylation is 1. The summed E-state index contributed by atoms with van der Waals surface area (Å²) in [7, 11) is 1.61. The number of piperazine rings is 1. The summed E-state index contributed by atoms with van der Waals surface area (Å²) in [5, 5.41) is 6.24. The van der Waals surface area contributed by atoms with E-state index in [0.717, 1.165) is 22.4 Å². The number of carbonyl (C=O) groups excluding carboxylic acids is 2. The van der Waals surface area contributed by atoms with Gasteiger partial charge in [-0.15, -0.1) is 0 Å². The molecule has 0 radical (unpaired) electrons. The van der Waals surface area contributed by atoms with Gasteiger partial charge in [0.1, 0.15) is 6.04 Å². The number of methoxy groups -OCH3 is 1. The molecule has 7 heteroatoms. The van der Waals surface area contributed by atoms with Crippen LogP contribution >= 0.6 is 0 Å². The standard InChI is InChI=1S/C24H32N4O3/c1-15(2)24(30)28-17(4)12-25-14-21(28)22(29)26-13-18-7-9-19(10-8-18)20-11-6-16(3)23(27-20)31-5/h6-11,15,17,21,25H,12-14H2,1-5H3,(H,26,29). The van der Waals surface area contributed by atoms with Gasteiger partial charge in [0.2, 0.25) is 17.7 Å². The molecule has 2 unspecified atom stereocenters. The van der Waals surface area contributed by atoms with Gasteiger partial charge >= 0.3 is 0 Å². The Kier molecular flexibility index (Phi) is 7.28. The molecule has 1 aliphatic rings. The van der Waals surface area contributed by atoms with Crippen molar-refractivity contribution >= 4 is 11.8 Å². The van der Waals surface area contributed by atoms with Crippen LogP contribution in [0.15, 0.2) is 36.4 Å². The van der Waals surface area contributed by atoms with Crippen molar-refractivity contribution in [2.24, 2.45) is 5.92 Å². The lowest BCUT2D eigenvalue weighted by molar-refractivity contribution is -0.146. The van der Waals surface area contributed by atoms with Crippen LogP contribution in [0.2, 0.25) is 0 Å². The van der Waals surface area contributed by atoms with Crippen molar-refractivity contribution in [2.45, 2.75) is 46.3 Å². The van der Waals surface area contributed by atoms with Gasteiger partial charge in [-0.2, -0.15) is 0 Å². The Morgan fingerprint density at radius 3 is 2.55 bits per heavy atom. The van der Waals surface area contributed by atoms with Crippen molar-refractivity contribution in [1.82, 2.24) is 20.5 Å². The number of rotatable bonds is 6. The fourth-order valence-corrected chi connectivity index (χ4v) is 3.80. The quantitative estimate of drug-likeness (QED) is 0.745. The molecule has 2 atom stereocenters. The van der Waals surface area contributed by atoms with Gasteiger partial charge in [0.25, 0.3) is 0 Å². The van der Waals surface area contributed by atoms with E-state index in [2.05, 4.69) is 15.6 Å². The van der Waals surface area contributed by atoms with E-state index in [1.54, 1.807) is 12.0 Å². The Morgan fingerprint density at radius 1 is 1.19 bits per heavy atom. The van der Waals surface area contributed by atoms with Crippen molar-refractivity contribution in [2.75, 3.05) is 20.2 Å². The zero-order valence-electron chi connectivity index (χ0n) is 18.9. The molecule has 166 valence electrons. The monoisotopic (exact) mass is 424 g/mol. The van der Waals surface area contributed by atoms with E-state index in [4.69, 9.17) is 4.74 Å². The number of aromatic nitrogens is 1. The fraction of sp³-hybridized carbons (Fsp3) is 0.458. The maximum atomic E-state index is 12.9. The average molecular weight is 425 g/mol. The van der Waals surface area contributed by atoms with Gasteiger partial charge in [-0.1, -0.05) is 44.2 Å². The van der Waals surface area contributed by atoms with Crippen LogP contribution in [-0.4, -0.2) is 54.0 Å². The molecule has 2 amide bonds. The van der Waals surface area contributed by atoms with Crippen LogP contribution < -0.4 is 15.4 Å². The maximum Gasteiger partial charge on any atom is 0.244 e. The fourth-order valence-electron chi connectivity index (χ4n) is 3.80. The number of benzene rings is 1. The third kappa shape index (κ3) is 5.22. The molecule has 2 heterocycles. The normalized spacial score (nSPS) is 18.7. The van der Waals surface area contributed by atoms with Crippen LogP contribution in [0.4, 0.5) is 0 Å². The van der Waals surface area contributed by atoms with Gasteiger partial charge in [-0.3, -0.25) is 9.59 Å². The van der Waals surface area contributed by atoms with Crippen LogP contribution in [0, 0.1) is 12.8 Å². The highest BCUT2D eigenvalue weighted by atomic mass is 16.5. The zero-order valence-corrected chi connectivity index (χ0v) is 18.9. The Balaban J connectivity index is 1.65. The first-order valence-electron chi connectivity index (χ1n) is 10.7. The van der Waals surface area contributed by atoms with E-state index < -0.39 is 6.04 Å². The van der Waals surface area contributed by atoms with E-state index in [-0.39, 0.29) is 23.8 Å². The number of hydrogen-bond acceptors (Lipinski definition) is 5. The summed E-state index contributed by atoms with van der Waals surface area (Å²) < 4.78 is 5.31. The second-order valence-electron chi connectivity index (χ2n) is 8.36. The molecule has 1 aromatic carbocycles. The minimum Gasteiger partial charge on any atom is -0.481 e. The largest absolute Gasteiger partial charge is 0.481 e. The van der Waals surface area contributed by atoms with Crippen LogP contribution in [0.1, 0.15) is 31.9 Å². The number of ether oxygens (including phenoxy) is 1. The van der Waals surface area contributed by atoms with Crippen LogP contribution in [0.5, 0.6) is 5.88 Å². The molecule has 1 aliphatic heterocycles. The lowest BCUT2D eigenvalue weighted by Crippen LogP contribution is -2.63. The lowest BCUT2D eigenvalue weighted by Gasteiger charge is -2.41. The predicted octanol–water partition coefficient (Wildman–Crippen LogP) is 2.53. The molecular weight excluding hydrogens is 392 g/mol. The molecule has 0 spiro atoms. The molecule has 0 aliphatic carbocycles. The summed E-state index contributed by atoms with van der Waals surface area (Å²) in [6, 6.07) is 11.4. The van der Waals surface area contributed by atoms with Gasteiger partial charge in [0.05, 0.1) is 12.8 Å². The first kappa shape index (κ1) is 22.7. The molecular formula is C24H32N4O3. The van der Waals surface area contributed by atoms with Crippen LogP contribution in [0.25, 0.3) is 11.3 Å². The number of nitrogens with zero attached hydrogens (tertiary/aromatic N) is 2. The SMILES string of the molecule is COc1nc(-c2ccc(CNC(=O)C3CNCC(C)N3C(=O)C(C)C)cc2)ccc1C. The maximum absolute atomic E-state index is 12.9. The molecule has 3 rings (SSSR count). The van der Waals surface area contributed by atoms with Crippen molar-refractivity contribution in [3.8, 4) is 17.1 Å². The molecule has 1 aromatic heterocycles. The Hall–Kier alpha value is -2.93. The van der Waals surface area contributed by atoms with E-state index in [0.29, 0.717) is 25.5 Å². The van der Waals surface area contributed by atoms with Gasteiger partial charge in [-0.25, -0.2) is 4.98 Å². The molecule has 1 saturated heterocycles. The molecule has 2 aromatic rings. The van der Waals surface area contributed by atoms with E-state index in [9.17, 15) is 9.59 Å². The summed E-state index contributed by atoms with van der Waals surface area (Å²) in [5.41, 5.74) is 3.78. The minimum absolute atomic E-state index is 0.0135. The molecule has 2 N–H and O–H groups in total. The first-order chi connectivity index (χ1) is 14.8. The van der Waals surface area contributed by atoms with Crippen molar-refractivity contribution < 1.29 is 14.3 Å². The zero-order chi connectivity index (χ0) is 22.5. The first-order valence-corrected chi connectivity index (χ1v) is 10.7. The van der Waals surface area contributed by atoms with Gasteiger partial charge in [0.15, 0.2) is 0 Å². The van der Waals surface area contributed by atoms with Gasteiger partial charge in [0, 0.05) is 42.7 Å². The second-order valence-corrected chi connectivity index (χ2v) is 8.36. The molecule has 7 nitrogen and oxygen atoms in total. The highest BCUT2D eigenvalue weighted by Gasteiger charge is 2.36. The Labute approximate surface area is 184 Å². The summed E-state index contributed by atoms with van der Waals surface area (Å²) in [5.74, 6) is 0.351. The number of nitrogens with one attached hydrogen (secondary N) is 2. The van der Waals surface area contributed by atoms with E-state index in [1.807, 2.05) is 64.1 Å². The Morgan fingerprint density at radius 2 is 1.90 bits per heavy atom. The highest BCUT2D eigenvalue weighted by molar-refractivity contribution is 5.89. The Bertz CT molecular complexity index is 927. The number of amides is 2.